The number of hydrogen-bond donors (Lipinski definition) is 1. The number of nitrogens with zero attached hydrogens (tertiary/aromatic N) is 1. The minimum Gasteiger partial charge on any atom is -0.459 e. The minimum atomic E-state index is -1.37. The molecule has 138 valence electrons. The van der Waals surface area contributed by atoms with Crippen molar-refractivity contribution in [2.24, 2.45) is 5.92 Å². The van der Waals surface area contributed by atoms with Crippen molar-refractivity contribution in [2.75, 3.05) is 26.7 Å². The van der Waals surface area contributed by atoms with Crippen molar-refractivity contribution in [2.45, 2.75) is 38.9 Å². The second-order valence-electron chi connectivity index (χ2n) is 6.59. The average Bonchev–Trinajstić information content (AvgIpc) is 2.59. The predicted octanol–water partition coefficient (Wildman–Crippen LogP) is 0.619. The molecular weight excluding hydrogens is 326 g/mol. The number of carbonyl (C=O) groups is 3. The van der Waals surface area contributed by atoms with E-state index in [1.807, 2.05) is 11.9 Å². The van der Waals surface area contributed by atoms with Crippen molar-refractivity contribution in [3.05, 3.63) is 23.3 Å². The third-order valence-corrected chi connectivity index (χ3v) is 4.58. The third kappa shape index (κ3) is 4.76. The molecule has 0 aliphatic carbocycles. The van der Waals surface area contributed by atoms with E-state index >= 15 is 0 Å². The van der Waals surface area contributed by atoms with Crippen LogP contribution in [0.15, 0.2) is 23.3 Å². The fourth-order valence-corrected chi connectivity index (χ4v) is 2.82. The van der Waals surface area contributed by atoms with Crippen LogP contribution in [0.3, 0.4) is 0 Å². The van der Waals surface area contributed by atoms with Gasteiger partial charge in [0.1, 0.15) is 6.61 Å². The zero-order valence-corrected chi connectivity index (χ0v) is 14.9. The van der Waals surface area contributed by atoms with Gasteiger partial charge in [-0.25, -0.2) is 9.59 Å². The Bertz CT molecular complexity index is 609. The van der Waals surface area contributed by atoms with Crippen molar-refractivity contribution in [1.29, 1.82) is 0 Å². The molecule has 2 rings (SSSR count). The first-order valence-corrected chi connectivity index (χ1v) is 8.46. The molecule has 0 aromatic carbocycles. The summed E-state index contributed by atoms with van der Waals surface area (Å²) in [7, 11) is 1.89. The lowest BCUT2D eigenvalue weighted by Gasteiger charge is -2.27. The van der Waals surface area contributed by atoms with Crippen molar-refractivity contribution in [3.63, 3.8) is 0 Å². The highest BCUT2D eigenvalue weighted by Crippen LogP contribution is 2.22. The Kier molecular flexibility index (Phi) is 6.50. The summed E-state index contributed by atoms with van der Waals surface area (Å²) < 4.78 is 10.6. The summed E-state index contributed by atoms with van der Waals surface area (Å²) in [4.78, 5) is 39.2. The van der Waals surface area contributed by atoms with Crippen LogP contribution in [0.25, 0.3) is 0 Å². The molecule has 0 saturated carbocycles. The molecule has 0 spiro atoms. The second-order valence-corrected chi connectivity index (χ2v) is 6.59. The number of cyclic esters (lactones) is 1. The monoisotopic (exact) mass is 351 g/mol. The van der Waals surface area contributed by atoms with Crippen LogP contribution in [0.5, 0.6) is 0 Å². The molecule has 1 saturated heterocycles. The Hall–Kier alpha value is -1.99. The van der Waals surface area contributed by atoms with E-state index in [9.17, 15) is 19.5 Å². The largest absolute Gasteiger partial charge is 0.459 e. The quantitative estimate of drug-likeness (QED) is 0.505. The topological polar surface area (TPSA) is 93.1 Å². The highest BCUT2D eigenvalue weighted by atomic mass is 16.6. The van der Waals surface area contributed by atoms with Gasteiger partial charge in [-0.1, -0.05) is 19.1 Å². The van der Waals surface area contributed by atoms with Gasteiger partial charge in [0, 0.05) is 30.7 Å². The zero-order valence-electron chi connectivity index (χ0n) is 14.9. The Morgan fingerprint density at radius 3 is 2.72 bits per heavy atom. The van der Waals surface area contributed by atoms with E-state index in [0.717, 1.165) is 0 Å². The van der Waals surface area contributed by atoms with E-state index in [-0.39, 0.29) is 24.4 Å². The molecule has 0 amide bonds. The highest BCUT2D eigenvalue weighted by Gasteiger charge is 2.33. The van der Waals surface area contributed by atoms with Gasteiger partial charge in [-0.3, -0.25) is 4.79 Å². The van der Waals surface area contributed by atoms with Crippen LogP contribution in [-0.4, -0.2) is 66.7 Å². The number of esters is 2. The molecular formula is C18H25NO6. The number of aliphatic hydroxyl groups excluding tert-OH is 1. The Morgan fingerprint density at radius 1 is 1.32 bits per heavy atom. The SMILES string of the molecule is CC=C1CC(C)C(O)C(=O)OCC2=CCN(C)CCC(OC1=O)C2=O. The molecule has 0 aromatic heterocycles. The summed E-state index contributed by atoms with van der Waals surface area (Å²) in [5.74, 6) is -2.24. The van der Waals surface area contributed by atoms with E-state index in [4.69, 9.17) is 9.47 Å². The number of ketones is 1. The van der Waals surface area contributed by atoms with E-state index in [2.05, 4.69) is 0 Å². The summed E-state index contributed by atoms with van der Waals surface area (Å²) in [6.45, 7) is 4.23. The van der Waals surface area contributed by atoms with Gasteiger partial charge < -0.3 is 19.5 Å². The number of carbonyl (C=O) groups excluding carboxylic acids is 3. The number of likely N-dealkylation sites (N-methyl/N-ethyl adjacent to an activating group) is 1. The van der Waals surface area contributed by atoms with Crippen molar-refractivity contribution in [1.82, 2.24) is 4.90 Å². The fraction of sp³-hybridized carbons (Fsp3) is 0.611. The molecule has 2 heterocycles. The highest BCUT2D eigenvalue weighted by molar-refractivity contribution is 6.01. The summed E-state index contributed by atoms with van der Waals surface area (Å²) in [6.07, 6.45) is 1.52. The second kappa shape index (κ2) is 8.40. The number of Topliss-reactive ketones (excluding diaryl/α,β-unsaturated/α-hetero) is 1. The molecule has 0 aromatic rings. The normalized spacial score (nSPS) is 31.8. The lowest BCUT2D eigenvalue weighted by molar-refractivity contribution is -0.158. The molecule has 2 bridgehead atoms. The van der Waals surface area contributed by atoms with Crippen LogP contribution in [0, 0.1) is 5.92 Å². The Morgan fingerprint density at radius 2 is 2.04 bits per heavy atom. The maximum Gasteiger partial charge on any atom is 0.335 e. The first-order valence-electron chi connectivity index (χ1n) is 8.46. The zero-order chi connectivity index (χ0) is 18.6. The number of fused-ring (bicyclic) bond motifs is 2. The van der Waals surface area contributed by atoms with Gasteiger partial charge in [-0.2, -0.15) is 0 Å². The van der Waals surface area contributed by atoms with Gasteiger partial charge in [0.05, 0.1) is 0 Å². The molecule has 2 aliphatic heterocycles. The first kappa shape index (κ1) is 19.3. The number of allylic oxidation sites excluding steroid dienone is 1. The summed E-state index contributed by atoms with van der Waals surface area (Å²) >= 11 is 0. The number of aliphatic hydroxyl groups is 1. The van der Waals surface area contributed by atoms with Gasteiger partial charge in [-0.05, 0) is 26.3 Å². The lowest BCUT2D eigenvalue weighted by Crippen LogP contribution is -2.39. The van der Waals surface area contributed by atoms with Crippen LogP contribution in [-0.2, 0) is 23.9 Å². The summed E-state index contributed by atoms with van der Waals surface area (Å²) in [6, 6.07) is 0. The minimum absolute atomic E-state index is 0.162. The van der Waals surface area contributed by atoms with Crippen LogP contribution in [0.4, 0.5) is 0 Å². The fourth-order valence-electron chi connectivity index (χ4n) is 2.82. The first-order chi connectivity index (χ1) is 11.8. The Labute approximate surface area is 147 Å². The smallest absolute Gasteiger partial charge is 0.335 e. The van der Waals surface area contributed by atoms with Crippen LogP contribution in [0.2, 0.25) is 0 Å². The number of ether oxygens (including phenoxy) is 2. The summed E-state index contributed by atoms with van der Waals surface area (Å²) in [5, 5.41) is 10.1. The average molecular weight is 351 g/mol. The molecule has 0 radical (unpaired) electrons. The van der Waals surface area contributed by atoms with Crippen LogP contribution in [0.1, 0.15) is 26.7 Å². The van der Waals surface area contributed by atoms with Gasteiger partial charge in [0.2, 0.25) is 5.78 Å². The van der Waals surface area contributed by atoms with E-state index in [0.29, 0.717) is 25.1 Å². The van der Waals surface area contributed by atoms with E-state index in [1.54, 1.807) is 26.0 Å². The molecule has 7 nitrogen and oxygen atoms in total. The van der Waals surface area contributed by atoms with Crippen LogP contribution >= 0.6 is 0 Å². The number of rotatable bonds is 0. The van der Waals surface area contributed by atoms with Gasteiger partial charge >= 0.3 is 11.9 Å². The van der Waals surface area contributed by atoms with Crippen molar-refractivity contribution >= 4 is 17.7 Å². The standard InChI is InChI=1S/C18H25NO6/c1-4-12-9-11(2)15(20)18(23)24-10-13-5-7-19(3)8-6-14(16(13)21)25-17(12)22/h4-5,11,14-15,20H,6-10H2,1-3H3. The van der Waals surface area contributed by atoms with Gasteiger partial charge in [-0.15, -0.1) is 0 Å². The maximum atomic E-state index is 12.7. The summed E-state index contributed by atoms with van der Waals surface area (Å²) in [5.41, 5.74) is 0.605. The maximum absolute atomic E-state index is 12.7. The Balaban J connectivity index is 2.36. The van der Waals surface area contributed by atoms with Crippen molar-refractivity contribution in [3.8, 4) is 0 Å². The van der Waals surface area contributed by atoms with E-state index in [1.165, 1.54) is 0 Å². The number of hydrogen-bond acceptors (Lipinski definition) is 7. The molecule has 3 atom stereocenters. The van der Waals surface area contributed by atoms with Crippen molar-refractivity contribution < 1.29 is 29.0 Å². The molecule has 3 unspecified atom stereocenters. The predicted molar refractivity (Wildman–Crippen MR) is 89.6 cm³/mol. The third-order valence-electron chi connectivity index (χ3n) is 4.58. The van der Waals surface area contributed by atoms with Gasteiger partial charge in [0.25, 0.3) is 0 Å². The molecule has 7 heteroatoms. The lowest BCUT2D eigenvalue weighted by atomic mass is 9.95. The van der Waals surface area contributed by atoms with Gasteiger partial charge in [0.15, 0.2) is 12.2 Å². The van der Waals surface area contributed by atoms with Crippen LogP contribution < -0.4 is 0 Å². The molecule has 1 fully saturated rings. The van der Waals surface area contributed by atoms with E-state index < -0.39 is 30.1 Å². The molecule has 1 N–H and O–H groups in total. The molecule has 2 aliphatic rings. The molecule has 25 heavy (non-hydrogen) atoms.